The zero-order valence-electron chi connectivity index (χ0n) is 11.1. The van der Waals surface area contributed by atoms with Crippen LogP contribution >= 0.6 is 12.6 Å². The van der Waals surface area contributed by atoms with E-state index in [1.807, 2.05) is 0 Å². The Morgan fingerprint density at radius 2 is 1.94 bits per heavy atom. The van der Waals surface area contributed by atoms with Crippen LogP contribution in [0.1, 0.15) is 51.9 Å². The van der Waals surface area contributed by atoms with E-state index >= 15 is 0 Å². The molecule has 0 aromatic carbocycles. The monoisotopic (exact) mass is 250 g/mol. The van der Waals surface area contributed by atoms with Gasteiger partial charge in [-0.05, 0) is 65.9 Å². The third kappa shape index (κ3) is 1.23. The molecule has 7 unspecified atom stereocenters. The van der Waals surface area contributed by atoms with E-state index in [0.29, 0.717) is 0 Å². The first-order valence-corrected chi connectivity index (χ1v) is 8.55. The number of thiol groups is 1. The predicted molar refractivity (Wildman–Crippen MR) is 75.2 cm³/mol. The summed E-state index contributed by atoms with van der Waals surface area (Å²) in [7, 11) is 0. The first-order valence-electron chi connectivity index (χ1n) is 7.91. The first kappa shape index (κ1) is 11.2. The molecule has 96 valence electrons. The second kappa shape index (κ2) is 3.68. The number of hydrogen-bond donors (Lipinski definition) is 1. The van der Waals surface area contributed by atoms with Gasteiger partial charge in [-0.1, -0.05) is 32.6 Å². The van der Waals surface area contributed by atoms with Crippen molar-refractivity contribution in [2.24, 2.45) is 40.9 Å². The second-order valence-electron chi connectivity index (χ2n) is 7.43. The van der Waals surface area contributed by atoms with Gasteiger partial charge >= 0.3 is 0 Å². The summed E-state index contributed by atoms with van der Waals surface area (Å²) in [6.07, 6.45) is 10.7. The number of hydrogen-bond acceptors (Lipinski definition) is 1. The highest BCUT2D eigenvalue weighted by atomic mass is 32.1. The van der Waals surface area contributed by atoms with Crippen molar-refractivity contribution in [1.82, 2.24) is 0 Å². The zero-order valence-corrected chi connectivity index (χ0v) is 12.0. The Morgan fingerprint density at radius 3 is 2.71 bits per heavy atom. The highest BCUT2D eigenvalue weighted by Gasteiger charge is 2.81. The van der Waals surface area contributed by atoms with Crippen LogP contribution in [0.4, 0.5) is 0 Å². The molecule has 0 aliphatic heterocycles. The molecule has 4 aliphatic rings. The molecule has 0 saturated heterocycles. The van der Waals surface area contributed by atoms with Crippen molar-refractivity contribution in [1.29, 1.82) is 0 Å². The van der Waals surface area contributed by atoms with Crippen LogP contribution in [-0.4, -0.2) is 5.75 Å². The Morgan fingerprint density at radius 1 is 1.12 bits per heavy atom. The molecule has 0 N–H and O–H groups in total. The van der Waals surface area contributed by atoms with Gasteiger partial charge in [0.1, 0.15) is 0 Å². The summed E-state index contributed by atoms with van der Waals surface area (Å²) in [6, 6.07) is 0. The lowest BCUT2D eigenvalue weighted by Crippen LogP contribution is -2.42. The standard InChI is InChI=1S/C16H26S/c1-10-5-2-3-6-11(10)14-12-7-4-8-16(12)13(9-17)15(14)16/h10-15,17H,2-9H2,1H3. The average Bonchev–Trinajstić information content (AvgIpc) is 2.67. The van der Waals surface area contributed by atoms with Crippen molar-refractivity contribution in [2.75, 3.05) is 5.75 Å². The van der Waals surface area contributed by atoms with Crippen molar-refractivity contribution in [3.8, 4) is 0 Å². The van der Waals surface area contributed by atoms with Crippen molar-refractivity contribution in [2.45, 2.75) is 51.9 Å². The minimum atomic E-state index is 0.851. The Labute approximate surface area is 111 Å². The molecule has 0 amide bonds. The van der Waals surface area contributed by atoms with Gasteiger partial charge in [0.25, 0.3) is 0 Å². The topological polar surface area (TPSA) is 0 Å². The van der Waals surface area contributed by atoms with Gasteiger partial charge < -0.3 is 0 Å². The molecule has 4 saturated carbocycles. The lowest BCUT2D eigenvalue weighted by atomic mass is 9.57. The van der Waals surface area contributed by atoms with Gasteiger partial charge in [0.2, 0.25) is 0 Å². The molecule has 0 aromatic heterocycles. The van der Waals surface area contributed by atoms with E-state index in [4.69, 9.17) is 0 Å². The lowest BCUT2D eigenvalue weighted by molar-refractivity contribution is -0.00110. The van der Waals surface area contributed by atoms with Gasteiger partial charge in [-0.15, -0.1) is 0 Å². The molecule has 0 nitrogen and oxygen atoms in total. The largest absolute Gasteiger partial charge is 0.179 e. The molecule has 0 bridgehead atoms. The van der Waals surface area contributed by atoms with Crippen LogP contribution in [0.5, 0.6) is 0 Å². The fourth-order valence-corrected chi connectivity index (χ4v) is 7.17. The smallest absolute Gasteiger partial charge is 0.00610 e. The summed E-state index contributed by atoms with van der Waals surface area (Å²) in [5.74, 6) is 7.71. The molecule has 4 aliphatic carbocycles. The van der Waals surface area contributed by atoms with Crippen LogP contribution in [0.3, 0.4) is 0 Å². The highest BCUT2D eigenvalue weighted by Crippen LogP contribution is 2.85. The molecule has 7 atom stereocenters. The normalized spacial score (nSPS) is 60.4. The summed E-state index contributed by atoms with van der Waals surface area (Å²) in [5.41, 5.74) is 0.851. The van der Waals surface area contributed by atoms with Gasteiger partial charge in [0.05, 0.1) is 0 Å². The van der Waals surface area contributed by atoms with Crippen LogP contribution in [0.25, 0.3) is 0 Å². The fourth-order valence-electron chi connectivity index (χ4n) is 6.60. The van der Waals surface area contributed by atoms with Crippen LogP contribution in [0.2, 0.25) is 0 Å². The maximum absolute atomic E-state index is 4.64. The fraction of sp³-hybridized carbons (Fsp3) is 1.00. The molecule has 0 radical (unpaired) electrons. The van der Waals surface area contributed by atoms with Crippen LogP contribution in [0, 0.1) is 40.9 Å². The summed E-state index contributed by atoms with van der Waals surface area (Å²) in [4.78, 5) is 0. The minimum Gasteiger partial charge on any atom is -0.179 e. The van der Waals surface area contributed by atoms with Crippen LogP contribution in [-0.2, 0) is 0 Å². The highest BCUT2D eigenvalue weighted by molar-refractivity contribution is 7.80. The van der Waals surface area contributed by atoms with E-state index in [1.54, 1.807) is 19.3 Å². The lowest BCUT2D eigenvalue weighted by Gasteiger charge is -2.48. The van der Waals surface area contributed by atoms with Gasteiger partial charge in [-0.2, -0.15) is 12.6 Å². The quantitative estimate of drug-likeness (QED) is 0.690. The number of rotatable bonds is 2. The summed E-state index contributed by atoms with van der Waals surface area (Å²) in [6.45, 7) is 2.54. The summed E-state index contributed by atoms with van der Waals surface area (Å²) >= 11 is 4.64. The molecule has 4 fully saturated rings. The SMILES string of the molecule is CC1CCCCC1C1C2CCCC23C(CS)C13. The van der Waals surface area contributed by atoms with Crippen LogP contribution in [0.15, 0.2) is 0 Å². The average molecular weight is 250 g/mol. The second-order valence-corrected chi connectivity index (χ2v) is 7.79. The Bertz CT molecular complexity index is 325. The van der Waals surface area contributed by atoms with Crippen molar-refractivity contribution in [3.05, 3.63) is 0 Å². The Kier molecular flexibility index (Phi) is 2.43. The molecule has 1 heteroatoms. The molecule has 0 aromatic rings. The van der Waals surface area contributed by atoms with E-state index < -0.39 is 0 Å². The maximum atomic E-state index is 4.64. The van der Waals surface area contributed by atoms with Crippen molar-refractivity contribution in [3.63, 3.8) is 0 Å². The molecule has 1 spiro atoms. The molecule has 0 heterocycles. The summed E-state index contributed by atoms with van der Waals surface area (Å²) < 4.78 is 0. The van der Waals surface area contributed by atoms with E-state index in [9.17, 15) is 0 Å². The van der Waals surface area contributed by atoms with E-state index in [-0.39, 0.29) is 0 Å². The van der Waals surface area contributed by atoms with Gasteiger partial charge in [-0.3, -0.25) is 0 Å². The molecular weight excluding hydrogens is 224 g/mol. The Balaban J connectivity index is 1.56. The van der Waals surface area contributed by atoms with Crippen molar-refractivity contribution >= 4 is 12.6 Å². The molecular formula is C16H26S. The maximum Gasteiger partial charge on any atom is -0.00610 e. The van der Waals surface area contributed by atoms with E-state index in [1.165, 1.54) is 31.4 Å². The predicted octanol–water partition coefficient (Wildman–Crippen LogP) is 4.40. The van der Waals surface area contributed by atoms with Crippen molar-refractivity contribution < 1.29 is 0 Å². The first-order chi connectivity index (χ1) is 8.30. The van der Waals surface area contributed by atoms with Gasteiger partial charge in [0.15, 0.2) is 0 Å². The third-order valence-corrected chi connectivity index (χ3v) is 7.59. The molecule has 4 rings (SSSR count). The third-order valence-electron chi connectivity index (χ3n) is 7.20. The van der Waals surface area contributed by atoms with Gasteiger partial charge in [-0.25, -0.2) is 0 Å². The minimum absolute atomic E-state index is 0.851. The Hall–Kier alpha value is 0.350. The summed E-state index contributed by atoms with van der Waals surface area (Å²) in [5, 5.41) is 0. The van der Waals surface area contributed by atoms with Crippen LogP contribution < -0.4 is 0 Å². The van der Waals surface area contributed by atoms with Gasteiger partial charge in [0, 0.05) is 0 Å². The zero-order chi connectivity index (χ0) is 11.6. The molecule has 17 heavy (non-hydrogen) atoms. The van der Waals surface area contributed by atoms with E-state index in [0.717, 1.165) is 40.9 Å². The van der Waals surface area contributed by atoms with E-state index in [2.05, 4.69) is 19.6 Å².